The third-order valence-electron chi connectivity index (χ3n) is 2.27. The first-order valence-corrected chi connectivity index (χ1v) is 6.65. The lowest BCUT2D eigenvalue weighted by Crippen LogP contribution is -1.98. The Hall–Kier alpha value is -0.380. The summed E-state index contributed by atoms with van der Waals surface area (Å²) in [5.74, 6) is 0. The van der Waals surface area contributed by atoms with Crippen molar-refractivity contribution in [2.75, 3.05) is 0 Å². The molecule has 0 spiro atoms. The van der Waals surface area contributed by atoms with Crippen LogP contribution in [0.5, 0.6) is 0 Å². The molecule has 0 radical (unpaired) electrons. The van der Waals surface area contributed by atoms with Gasteiger partial charge in [0.05, 0.1) is 5.25 Å². The van der Waals surface area contributed by atoms with Gasteiger partial charge in [0.15, 0.2) is 0 Å². The van der Waals surface area contributed by atoms with Gasteiger partial charge in [0.2, 0.25) is 0 Å². The molecule has 1 heterocycles. The average Bonchev–Trinajstić information content (AvgIpc) is 2.82. The first-order chi connectivity index (χ1) is 7.29. The number of benzene rings is 1. The molecule has 0 amide bonds. The molecule has 0 bridgehead atoms. The topological polar surface area (TPSA) is 0 Å². The van der Waals surface area contributed by atoms with E-state index in [1.54, 1.807) is 11.3 Å². The predicted molar refractivity (Wildman–Crippen MR) is 74.2 cm³/mol. The Kier molecular flexibility index (Phi) is 3.78. The summed E-state index contributed by atoms with van der Waals surface area (Å²) >= 11 is 11.0. The molecule has 0 aliphatic carbocycles. The Morgan fingerprint density at radius 2 is 1.60 bits per heavy atom. The van der Waals surface area contributed by atoms with Crippen molar-refractivity contribution in [3.05, 3.63) is 58.3 Å². The van der Waals surface area contributed by atoms with Gasteiger partial charge in [0.1, 0.15) is 0 Å². The lowest BCUT2D eigenvalue weighted by molar-refractivity contribution is 0.939. The Labute approximate surface area is 105 Å². The van der Waals surface area contributed by atoms with Crippen LogP contribution in [0.3, 0.4) is 0 Å². The zero-order valence-electron chi connectivity index (χ0n) is 8.08. The minimum Gasteiger partial charge on any atom is -0.170 e. The van der Waals surface area contributed by atoms with Gasteiger partial charge in [-0.2, -0.15) is 25.3 Å². The number of thiophene rings is 1. The van der Waals surface area contributed by atoms with Crippen LogP contribution in [0.2, 0.25) is 0 Å². The van der Waals surface area contributed by atoms with E-state index >= 15 is 0 Å². The maximum absolute atomic E-state index is 4.63. The molecule has 0 aliphatic heterocycles. The van der Waals surface area contributed by atoms with Crippen molar-refractivity contribution in [2.45, 2.75) is 10.5 Å². The summed E-state index contributed by atoms with van der Waals surface area (Å²) in [5.41, 5.74) is 1.22. The quantitative estimate of drug-likeness (QED) is 0.744. The first kappa shape index (κ1) is 11.1. The molecule has 2 aromatic rings. The van der Waals surface area contributed by atoms with Crippen molar-refractivity contribution in [3.63, 3.8) is 0 Å². The monoisotopic (exact) mass is 252 g/mol. The van der Waals surface area contributed by atoms with Crippen LogP contribution in [0, 0.1) is 0 Å². The highest BCUT2D eigenvalue weighted by Gasteiger charge is 2.18. The summed E-state index contributed by atoms with van der Waals surface area (Å²) in [6.07, 6.45) is 0. The van der Waals surface area contributed by atoms with Gasteiger partial charge >= 0.3 is 0 Å². The van der Waals surface area contributed by atoms with Crippen molar-refractivity contribution in [2.24, 2.45) is 0 Å². The summed E-state index contributed by atoms with van der Waals surface area (Å²) in [7, 11) is 0. The molecule has 2 atom stereocenters. The second-order valence-corrected chi connectivity index (χ2v) is 5.41. The standard InChI is InChI=1S/C12H12S3/c13-11(9-5-2-1-3-6-9)12(14)10-7-4-8-15-10/h1-8,11-14H. The van der Waals surface area contributed by atoms with Gasteiger partial charge in [-0.05, 0) is 17.0 Å². The molecule has 2 rings (SSSR count). The summed E-state index contributed by atoms with van der Waals surface area (Å²) in [6.45, 7) is 0. The van der Waals surface area contributed by atoms with Crippen molar-refractivity contribution >= 4 is 36.6 Å². The van der Waals surface area contributed by atoms with Gasteiger partial charge in [-0.1, -0.05) is 36.4 Å². The highest BCUT2D eigenvalue weighted by atomic mass is 32.1. The van der Waals surface area contributed by atoms with Crippen LogP contribution in [-0.4, -0.2) is 0 Å². The zero-order valence-corrected chi connectivity index (χ0v) is 10.7. The molecule has 1 aromatic carbocycles. The number of thiol groups is 2. The molecule has 1 aromatic heterocycles. The van der Waals surface area contributed by atoms with Crippen molar-refractivity contribution in [1.82, 2.24) is 0 Å². The third-order valence-corrected chi connectivity index (χ3v) is 4.81. The Morgan fingerprint density at radius 3 is 2.20 bits per heavy atom. The fourth-order valence-corrected chi connectivity index (χ4v) is 3.07. The molecule has 0 aliphatic rings. The van der Waals surface area contributed by atoms with Crippen molar-refractivity contribution in [3.8, 4) is 0 Å². The molecule has 0 saturated heterocycles. The molecule has 3 heteroatoms. The smallest absolute Gasteiger partial charge is 0.0518 e. The Balaban J connectivity index is 2.18. The van der Waals surface area contributed by atoms with E-state index < -0.39 is 0 Å². The van der Waals surface area contributed by atoms with E-state index in [9.17, 15) is 0 Å². The van der Waals surface area contributed by atoms with E-state index in [4.69, 9.17) is 0 Å². The van der Waals surface area contributed by atoms with E-state index in [1.165, 1.54) is 10.4 Å². The normalized spacial score (nSPS) is 14.8. The SMILES string of the molecule is SC(c1ccccc1)C(S)c1cccs1. The van der Waals surface area contributed by atoms with E-state index in [0.29, 0.717) is 0 Å². The van der Waals surface area contributed by atoms with Crippen molar-refractivity contribution < 1.29 is 0 Å². The van der Waals surface area contributed by atoms with Crippen LogP contribution in [-0.2, 0) is 0 Å². The summed E-state index contributed by atoms with van der Waals surface area (Å²) in [5, 5.41) is 2.38. The zero-order chi connectivity index (χ0) is 10.7. The van der Waals surface area contributed by atoms with E-state index in [0.717, 1.165) is 0 Å². The van der Waals surface area contributed by atoms with Gasteiger partial charge in [0.25, 0.3) is 0 Å². The average molecular weight is 252 g/mol. The summed E-state index contributed by atoms with van der Waals surface area (Å²) in [6, 6.07) is 14.4. The fraction of sp³-hybridized carbons (Fsp3) is 0.167. The van der Waals surface area contributed by atoms with E-state index in [1.807, 2.05) is 18.2 Å². The second kappa shape index (κ2) is 5.10. The highest BCUT2D eigenvalue weighted by Crippen LogP contribution is 2.40. The van der Waals surface area contributed by atoms with Crippen LogP contribution in [0.1, 0.15) is 20.9 Å². The number of hydrogen-bond donors (Lipinski definition) is 2. The summed E-state index contributed by atoms with van der Waals surface area (Å²) < 4.78 is 0. The minimum absolute atomic E-state index is 0.146. The van der Waals surface area contributed by atoms with Crippen LogP contribution in [0.25, 0.3) is 0 Å². The third kappa shape index (κ3) is 2.60. The number of hydrogen-bond acceptors (Lipinski definition) is 3. The lowest BCUT2D eigenvalue weighted by atomic mass is 10.1. The van der Waals surface area contributed by atoms with Crippen LogP contribution in [0.4, 0.5) is 0 Å². The molecule has 0 nitrogen and oxygen atoms in total. The molecular weight excluding hydrogens is 240 g/mol. The van der Waals surface area contributed by atoms with Crippen LogP contribution in [0.15, 0.2) is 47.8 Å². The largest absolute Gasteiger partial charge is 0.170 e. The second-order valence-electron chi connectivity index (χ2n) is 3.32. The molecule has 0 fully saturated rings. The van der Waals surface area contributed by atoms with Gasteiger partial charge < -0.3 is 0 Å². The van der Waals surface area contributed by atoms with Gasteiger partial charge in [-0.25, -0.2) is 0 Å². The molecule has 0 saturated carbocycles. The molecule has 78 valence electrons. The highest BCUT2D eigenvalue weighted by molar-refractivity contribution is 7.84. The summed E-state index contributed by atoms with van der Waals surface area (Å²) in [4.78, 5) is 1.27. The Morgan fingerprint density at radius 1 is 0.867 bits per heavy atom. The van der Waals surface area contributed by atoms with Crippen LogP contribution < -0.4 is 0 Å². The first-order valence-electron chi connectivity index (χ1n) is 4.73. The molecule has 15 heavy (non-hydrogen) atoms. The molecule has 0 N–H and O–H groups in total. The van der Waals surface area contributed by atoms with Crippen molar-refractivity contribution in [1.29, 1.82) is 0 Å². The van der Waals surface area contributed by atoms with Gasteiger partial charge in [-0.15, -0.1) is 11.3 Å². The van der Waals surface area contributed by atoms with Crippen LogP contribution >= 0.6 is 36.6 Å². The molecular formula is C12H12S3. The van der Waals surface area contributed by atoms with Gasteiger partial charge in [-0.3, -0.25) is 0 Å². The lowest BCUT2D eigenvalue weighted by Gasteiger charge is -2.17. The maximum Gasteiger partial charge on any atom is 0.0518 e. The van der Waals surface area contributed by atoms with Gasteiger partial charge in [0, 0.05) is 10.1 Å². The number of rotatable bonds is 3. The maximum atomic E-state index is 4.63. The predicted octanol–water partition coefficient (Wildman–Crippen LogP) is 4.39. The fourth-order valence-electron chi connectivity index (χ4n) is 1.45. The van der Waals surface area contributed by atoms with E-state index in [2.05, 4.69) is 54.9 Å². The minimum atomic E-state index is 0.146. The molecule has 2 unspecified atom stereocenters. The Bertz CT molecular complexity index is 394. The van der Waals surface area contributed by atoms with E-state index in [-0.39, 0.29) is 10.5 Å².